The van der Waals surface area contributed by atoms with Crippen LogP contribution in [0.1, 0.15) is 23.7 Å². The number of nitrogens with one attached hydrogen (secondary N) is 1. The van der Waals surface area contributed by atoms with Gasteiger partial charge in [-0.2, -0.15) is 5.10 Å². The minimum Gasteiger partial charge on any atom is -0.395 e. The Bertz CT molecular complexity index is 419. The van der Waals surface area contributed by atoms with E-state index in [-0.39, 0.29) is 12.4 Å². The minimum atomic E-state index is -0.0214. The molecular weight excluding hydrogens is 218 g/mol. The molecule has 94 valence electrons. The van der Waals surface area contributed by atoms with Crippen molar-refractivity contribution in [1.82, 2.24) is 10.2 Å². The van der Waals surface area contributed by atoms with Crippen LogP contribution in [0.4, 0.5) is 5.82 Å². The highest BCUT2D eigenvalue weighted by Gasteiger charge is 2.17. The lowest BCUT2D eigenvalue weighted by Crippen LogP contribution is -2.31. The molecule has 0 radical (unpaired) electrons. The van der Waals surface area contributed by atoms with Crippen LogP contribution in [0.15, 0.2) is 0 Å². The number of nitrogens with zero attached hydrogens (tertiary/aromatic N) is 3. The molecule has 1 rings (SSSR count). The summed E-state index contributed by atoms with van der Waals surface area (Å²) in [6, 6.07) is 0. The van der Waals surface area contributed by atoms with Gasteiger partial charge in [0.2, 0.25) is 0 Å². The van der Waals surface area contributed by atoms with Crippen LogP contribution in [0.25, 0.3) is 0 Å². The Morgan fingerprint density at radius 2 is 2.06 bits per heavy atom. The van der Waals surface area contributed by atoms with E-state index in [1.165, 1.54) is 0 Å². The lowest BCUT2D eigenvalue weighted by Gasteiger charge is -2.23. The third-order valence-corrected chi connectivity index (χ3v) is 2.76. The van der Waals surface area contributed by atoms with Crippen LogP contribution in [0.3, 0.4) is 0 Å². The fraction of sp³-hybridized carbons (Fsp3) is 0.545. The van der Waals surface area contributed by atoms with E-state index >= 15 is 0 Å². The zero-order chi connectivity index (χ0) is 13.0. The van der Waals surface area contributed by atoms with Gasteiger partial charge in [-0.05, 0) is 26.3 Å². The van der Waals surface area contributed by atoms with Gasteiger partial charge in [0, 0.05) is 13.1 Å². The van der Waals surface area contributed by atoms with Crippen molar-refractivity contribution >= 4 is 11.7 Å². The molecule has 0 saturated carbocycles. The van der Waals surface area contributed by atoms with Crippen molar-refractivity contribution in [2.24, 2.45) is 5.73 Å². The third-order valence-electron chi connectivity index (χ3n) is 2.76. The number of hydrogen-bond donors (Lipinski definition) is 3. The molecular formula is C11H19N5O. The molecule has 0 fully saturated rings. The van der Waals surface area contributed by atoms with Crippen molar-refractivity contribution in [1.29, 1.82) is 5.41 Å². The number of anilines is 1. The minimum absolute atomic E-state index is 0.0214. The van der Waals surface area contributed by atoms with E-state index in [2.05, 4.69) is 10.2 Å². The first-order valence-electron chi connectivity index (χ1n) is 5.57. The molecule has 0 aliphatic heterocycles. The zero-order valence-electron chi connectivity index (χ0n) is 10.5. The number of aliphatic hydroxyl groups is 1. The average Bonchev–Trinajstić information content (AvgIpc) is 2.29. The number of nitrogen functional groups attached to an aromatic ring is 1. The molecule has 1 aromatic heterocycles. The Labute approximate surface area is 101 Å². The van der Waals surface area contributed by atoms with Gasteiger partial charge < -0.3 is 15.7 Å². The molecule has 1 aromatic rings. The second-order valence-electron chi connectivity index (χ2n) is 3.83. The maximum absolute atomic E-state index is 9.01. The Morgan fingerprint density at radius 3 is 2.53 bits per heavy atom. The molecule has 0 atom stereocenters. The number of likely N-dealkylation sites (N-methyl/N-ethyl adjacent to an activating group) is 1. The Balaban J connectivity index is 3.31. The van der Waals surface area contributed by atoms with Crippen LogP contribution in [0.5, 0.6) is 0 Å². The van der Waals surface area contributed by atoms with Gasteiger partial charge in [-0.1, -0.05) is 0 Å². The van der Waals surface area contributed by atoms with E-state index in [9.17, 15) is 0 Å². The van der Waals surface area contributed by atoms with Gasteiger partial charge in [-0.15, -0.1) is 5.10 Å². The predicted molar refractivity (Wildman–Crippen MR) is 67.5 cm³/mol. The van der Waals surface area contributed by atoms with Crippen LogP contribution in [-0.2, 0) is 0 Å². The highest BCUT2D eigenvalue weighted by Crippen LogP contribution is 2.21. The van der Waals surface area contributed by atoms with Gasteiger partial charge in [0.25, 0.3) is 0 Å². The summed E-state index contributed by atoms with van der Waals surface area (Å²) in [4.78, 5) is 1.86. The van der Waals surface area contributed by atoms with Crippen LogP contribution in [0, 0.1) is 19.3 Å². The summed E-state index contributed by atoms with van der Waals surface area (Å²) in [7, 11) is 0. The second-order valence-corrected chi connectivity index (χ2v) is 3.83. The average molecular weight is 237 g/mol. The summed E-state index contributed by atoms with van der Waals surface area (Å²) in [5.74, 6) is 0.545. The third kappa shape index (κ3) is 2.71. The number of amidine groups is 1. The van der Waals surface area contributed by atoms with Crippen LogP contribution < -0.4 is 10.6 Å². The van der Waals surface area contributed by atoms with Crippen molar-refractivity contribution in [3.8, 4) is 0 Å². The van der Waals surface area contributed by atoms with Gasteiger partial charge in [0.05, 0.1) is 17.9 Å². The smallest absolute Gasteiger partial charge is 0.162 e. The maximum Gasteiger partial charge on any atom is 0.162 e. The standard InChI is InChI=1S/C11H19N5O/c1-4-16(5-6-17)11-9(10(12)13)7(2)8(3)14-15-11/h17H,4-6H2,1-3H3,(H3,12,13). The Morgan fingerprint density at radius 1 is 1.41 bits per heavy atom. The van der Waals surface area contributed by atoms with E-state index in [0.717, 1.165) is 11.3 Å². The molecule has 6 heteroatoms. The number of aromatic nitrogens is 2. The maximum atomic E-state index is 9.01. The van der Waals surface area contributed by atoms with Crippen molar-refractivity contribution in [2.45, 2.75) is 20.8 Å². The molecule has 0 aliphatic rings. The second kappa shape index (κ2) is 5.58. The number of hydrogen-bond acceptors (Lipinski definition) is 5. The highest BCUT2D eigenvalue weighted by atomic mass is 16.3. The van der Waals surface area contributed by atoms with Gasteiger partial charge in [0.1, 0.15) is 5.84 Å². The van der Waals surface area contributed by atoms with E-state index in [1.54, 1.807) is 0 Å². The first-order valence-corrected chi connectivity index (χ1v) is 5.57. The van der Waals surface area contributed by atoms with E-state index in [0.29, 0.717) is 24.5 Å². The Hall–Kier alpha value is -1.69. The predicted octanol–water partition coefficient (Wildman–Crippen LogP) is 0.196. The Kier molecular flexibility index (Phi) is 4.39. The summed E-state index contributed by atoms with van der Waals surface area (Å²) in [6.07, 6.45) is 0. The number of aryl methyl sites for hydroxylation is 1. The van der Waals surface area contributed by atoms with Crippen molar-refractivity contribution < 1.29 is 5.11 Å². The van der Waals surface area contributed by atoms with Crippen molar-refractivity contribution in [3.63, 3.8) is 0 Å². The molecule has 17 heavy (non-hydrogen) atoms. The van der Waals surface area contributed by atoms with Crippen LogP contribution in [0.2, 0.25) is 0 Å². The quantitative estimate of drug-likeness (QED) is 0.501. The molecule has 1 heterocycles. The first kappa shape index (κ1) is 13.4. The topological polar surface area (TPSA) is 99.1 Å². The van der Waals surface area contributed by atoms with Crippen molar-refractivity contribution in [3.05, 3.63) is 16.8 Å². The van der Waals surface area contributed by atoms with Gasteiger partial charge >= 0.3 is 0 Å². The molecule has 6 nitrogen and oxygen atoms in total. The SMILES string of the molecule is CCN(CCO)c1nnc(C)c(C)c1C(=N)N. The molecule has 0 spiro atoms. The largest absolute Gasteiger partial charge is 0.395 e. The fourth-order valence-corrected chi connectivity index (χ4v) is 1.67. The van der Waals surface area contributed by atoms with Gasteiger partial charge in [-0.3, -0.25) is 5.41 Å². The molecule has 0 aromatic carbocycles. The van der Waals surface area contributed by atoms with E-state index in [1.807, 2.05) is 25.7 Å². The molecule has 0 aliphatic carbocycles. The molecule has 0 unspecified atom stereocenters. The number of rotatable bonds is 5. The summed E-state index contributed by atoms with van der Waals surface area (Å²) in [5, 5.41) is 24.8. The van der Waals surface area contributed by atoms with E-state index in [4.69, 9.17) is 16.2 Å². The number of aliphatic hydroxyl groups excluding tert-OH is 1. The highest BCUT2D eigenvalue weighted by molar-refractivity contribution is 6.01. The van der Waals surface area contributed by atoms with Crippen LogP contribution in [-0.4, -0.2) is 40.8 Å². The first-order chi connectivity index (χ1) is 8.02. The van der Waals surface area contributed by atoms with Gasteiger partial charge in [0.15, 0.2) is 5.82 Å². The van der Waals surface area contributed by atoms with Gasteiger partial charge in [-0.25, -0.2) is 0 Å². The normalized spacial score (nSPS) is 10.4. The summed E-state index contributed by atoms with van der Waals surface area (Å²) in [5.41, 5.74) is 7.83. The molecule has 4 N–H and O–H groups in total. The van der Waals surface area contributed by atoms with Crippen LogP contribution >= 0.6 is 0 Å². The lowest BCUT2D eigenvalue weighted by atomic mass is 10.1. The summed E-state index contributed by atoms with van der Waals surface area (Å²) < 4.78 is 0. The summed E-state index contributed by atoms with van der Waals surface area (Å²) >= 11 is 0. The lowest BCUT2D eigenvalue weighted by molar-refractivity contribution is 0.302. The number of nitrogens with two attached hydrogens (primary N) is 1. The van der Waals surface area contributed by atoms with E-state index < -0.39 is 0 Å². The monoisotopic (exact) mass is 237 g/mol. The fourth-order valence-electron chi connectivity index (χ4n) is 1.67. The van der Waals surface area contributed by atoms with Crippen molar-refractivity contribution in [2.75, 3.05) is 24.6 Å². The molecule has 0 saturated heterocycles. The summed E-state index contributed by atoms with van der Waals surface area (Å²) in [6.45, 7) is 6.82. The zero-order valence-corrected chi connectivity index (χ0v) is 10.5. The molecule has 0 amide bonds. The molecule has 0 bridgehead atoms.